The molecule has 2 aromatic carbocycles. The molecule has 0 heterocycles. The normalized spacial score (nSPS) is 10.6. The smallest absolute Gasteiger partial charge is 0.224 e. The van der Waals surface area contributed by atoms with Gasteiger partial charge in [0.1, 0.15) is 0 Å². The first-order valence-corrected chi connectivity index (χ1v) is 8.83. The number of hydrogen-bond donors (Lipinski definition) is 2. The van der Waals surface area contributed by atoms with E-state index in [2.05, 4.69) is 54.8 Å². The molecule has 0 aliphatic rings. The Kier molecular flexibility index (Phi) is 7.50. The maximum Gasteiger partial charge on any atom is 0.224 e. The van der Waals surface area contributed by atoms with E-state index in [0.29, 0.717) is 6.42 Å². The van der Waals surface area contributed by atoms with E-state index in [1.54, 1.807) is 0 Å². The third-order valence-corrected chi connectivity index (χ3v) is 4.10. The van der Waals surface area contributed by atoms with E-state index in [4.69, 9.17) is 0 Å². The van der Waals surface area contributed by atoms with Crippen molar-refractivity contribution in [2.45, 2.75) is 46.1 Å². The third kappa shape index (κ3) is 6.17. The molecule has 0 aromatic heterocycles. The van der Waals surface area contributed by atoms with Gasteiger partial charge in [-0.05, 0) is 49.9 Å². The Morgan fingerprint density at radius 2 is 1.75 bits per heavy atom. The number of aryl methyl sites for hydroxylation is 2. The highest BCUT2D eigenvalue weighted by Crippen LogP contribution is 2.16. The van der Waals surface area contributed by atoms with Crippen molar-refractivity contribution in [2.75, 3.05) is 11.9 Å². The molecule has 0 spiro atoms. The van der Waals surface area contributed by atoms with Gasteiger partial charge in [0.15, 0.2) is 0 Å². The summed E-state index contributed by atoms with van der Waals surface area (Å²) in [5.41, 5.74) is 4.68. The van der Waals surface area contributed by atoms with Crippen LogP contribution in [-0.2, 0) is 17.8 Å². The van der Waals surface area contributed by atoms with Crippen molar-refractivity contribution in [3.63, 3.8) is 0 Å². The van der Waals surface area contributed by atoms with Crippen molar-refractivity contribution in [2.24, 2.45) is 0 Å². The van der Waals surface area contributed by atoms with Gasteiger partial charge in [-0.25, -0.2) is 0 Å². The molecule has 24 heavy (non-hydrogen) atoms. The van der Waals surface area contributed by atoms with Gasteiger partial charge in [0.2, 0.25) is 5.91 Å². The Bertz CT molecular complexity index is 635. The average molecular weight is 324 g/mol. The number of amides is 1. The average Bonchev–Trinajstić information content (AvgIpc) is 2.59. The van der Waals surface area contributed by atoms with Gasteiger partial charge >= 0.3 is 0 Å². The first kappa shape index (κ1) is 18.2. The lowest BCUT2D eigenvalue weighted by Gasteiger charge is -2.11. The highest BCUT2D eigenvalue weighted by Gasteiger charge is 2.06. The fourth-order valence-corrected chi connectivity index (χ4v) is 2.64. The van der Waals surface area contributed by atoms with Crippen LogP contribution < -0.4 is 10.6 Å². The van der Waals surface area contributed by atoms with Crippen molar-refractivity contribution in [1.29, 1.82) is 0 Å². The fraction of sp³-hybridized carbons (Fsp3) is 0.381. The predicted octanol–water partition coefficient (Wildman–Crippen LogP) is 4.46. The number of rotatable bonds is 9. The minimum Gasteiger partial charge on any atom is -0.326 e. The molecule has 0 saturated carbocycles. The molecule has 0 aliphatic carbocycles. The Labute approximate surface area is 145 Å². The molecule has 0 aliphatic heterocycles. The molecule has 0 bridgehead atoms. The van der Waals surface area contributed by atoms with Gasteiger partial charge in [0.25, 0.3) is 0 Å². The molecule has 0 atom stereocenters. The SMILES string of the molecule is CCNCc1ccccc1NC(=O)CCCCc1ccc(C)cc1. The number of benzene rings is 2. The van der Waals surface area contributed by atoms with Crippen LogP contribution in [0.1, 0.15) is 42.9 Å². The van der Waals surface area contributed by atoms with Gasteiger partial charge in [0, 0.05) is 18.7 Å². The molecule has 0 fully saturated rings. The van der Waals surface area contributed by atoms with Crippen molar-refractivity contribution in [3.05, 3.63) is 65.2 Å². The van der Waals surface area contributed by atoms with Crippen molar-refractivity contribution >= 4 is 11.6 Å². The summed E-state index contributed by atoms with van der Waals surface area (Å²) in [4.78, 5) is 12.2. The predicted molar refractivity (Wildman–Crippen MR) is 101 cm³/mol. The van der Waals surface area contributed by atoms with Gasteiger partial charge in [-0.15, -0.1) is 0 Å². The summed E-state index contributed by atoms with van der Waals surface area (Å²) in [6.07, 6.45) is 3.55. The van der Waals surface area contributed by atoms with Crippen LogP contribution in [-0.4, -0.2) is 12.5 Å². The maximum absolute atomic E-state index is 12.2. The summed E-state index contributed by atoms with van der Waals surface area (Å²) < 4.78 is 0. The quantitative estimate of drug-likeness (QED) is 0.669. The van der Waals surface area contributed by atoms with Crippen molar-refractivity contribution < 1.29 is 4.79 Å². The Hall–Kier alpha value is -2.13. The van der Waals surface area contributed by atoms with Crippen LogP contribution >= 0.6 is 0 Å². The van der Waals surface area contributed by atoms with E-state index in [-0.39, 0.29) is 5.91 Å². The molecule has 128 valence electrons. The monoisotopic (exact) mass is 324 g/mol. The molecule has 3 nitrogen and oxygen atoms in total. The second kappa shape index (κ2) is 9.89. The second-order valence-corrected chi connectivity index (χ2v) is 6.18. The summed E-state index contributed by atoms with van der Waals surface area (Å²) >= 11 is 0. The minimum atomic E-state index is 0.0999. The number of nitrogens with one attached hydrogen (secondary N) is 2. The van der Waals surface area contributed by atoms with E-state index in [0.717, 1.165) is 43.6 Å². The molecular weight excluding hydrogens is 296 g/mol. The number of para-hydroxylation sites is 1. The molecule has 3 heteroatoms. The standard InChI is InChI=1S/C21H28N2O/c1-3-22-16-19-9-5-6-10-20(19)23-21(24)11-7-4-8-18-14-12-17(2)13-15-18/h5-6,9-10,12-15,22H,3-4,7-8,11,16H2,1-2H3,(H,23,24). The van der Waals surface area contributed by atoms with Crippen LogP contribution in [0.5, 0.6) is 0 Å². The van der Waals surface area contributed by atoms with Gasteiger partial charge in [-0.1, -0.05) is 55.0 Å². The van der Waals surface area contributed by atoms with Gasteiger partial charge < -0.3 is 10.6 Å². The van der Waals surface area contributed by atoms with E-state index in [1.165, 1.54) is 11.1 Å². The Balaban J connectivity index is 1.74. The zero-order valence-corrected chi connectivity index (χ0v) is 14.8. The lowest BCUT2D eigenvalue weighted by atomic mass is 10.1. The lowest BCUT2D eigenvalue weighted by molar-refractivity contribution is -0.116. The molecule has 0 saturated heterocycles. The second-order valence-electron chi connectivity index (χ2n) is 6.18. The van der Waals surface area contributed by atoms with Crippen LogP contribution in [0.15, 0.2) is 48.5 Å². The Morgan fingerprint density at radius 3 is 2.50 bits per heavy atom. The van der Waals surface area contributed by atoms with E-state index >= 15 is 0 Å². The van der Waals surface area contributed by atoms with Gasteiger partial charge in [-0.3, -0.25) is 4.79 Å². The van der Waals surface area contributed by atoms with Crippen LogP contribution in [0.2, 0.25) is 0 Å². The lowest BCUT2D eigenvalue weighted by Crippen LogP contribution is -2.16. The molecule has 0 radical (unpaired) electrons. The van der Waals surface area contributed by atoms with Crippen LogP contribution in [0.25, 0.3) is 0 Å². The molecule has 1 amide bonds. The maximum atomic E-state index is 12.2. The minimum absolute atomic E-state index is 0.0999. The van der Waals surface area contributed by atoms with E-state index < -0.39 is 0 Å². The zero-order valence-electron chi connectivity index (χ0n) is 14.8. The van der Waals surface area contributed by atoms with Crippen LogP contribution in [0, 0.1) is 6.92 Å². The largest absolute Gasteiger partial charge is 0.326 e. The van der Waals surface area contributed by atoms with E-state index in [1.807, 2.05) is 18.2 Å². The number of carbonyl (C=O) groups is 1. The highest BCUT2D eigenvalue weighted by atomic mass is 16.1. The van der Waals surface area contributed by atoms with Crippen molar-refractivity contribution in [1.82, 2.24) is 5.32 Å². The van der Waals surface area contributed by atoms with Crippen LogP contribution in [0.3, 0.4) is 0 Å². The topological polar surface area (TPSA) is 41.1 Å². The van der Waals surface area contributed by atoms with Crippen LogP contribution in [0.4, 0.5) is 5.69 Å². The summed E-state index contributed by atoms with van der Waals surface area (Å²) in [5.74, 6) is 0.0999. The van der Waals surface area contributed by atoms with E-state index in [9.17, 15) is 4.79 Å². The molecule has 2 rings (SSSR count). The number of carbonyl (C=O) groups excluding carboxylic acids is 1. The molecule has 2 N–H and O–H groups in total. The summed E-state index contributed by atoms with van der Waals surface area (Å²) in [5, 5.41) is 6.35. The molecular formula is C21H28N2O. The zero-order chi connectivity index (χ0) is 17.2. The van der Waals surface area contributed by atoms with Gasteiger partial charge in [0.05, 0.1) is 0 Å². The Morgan fingerprint density at radius 1 is 1.00 bits per heavy atom. The third-order valence-electron chi connectivity index (χ3n) is 4.10. The van der Waals surface area contributed by atoms with Crippen molar-refractivity contribution in [3.8, 4) is 0 Å². The van der Waals surface area contributed by atoms with Gasteiger partial charge in [-0.2, -0.15) is 0 Å². The summed E-state index contributed by atoms with van der Waals surface area (Å²) in [6, 6.07) is 16.6. The fourth-order valence-electron chi connectivity index (χ4n) is 2.64. The first-order valence-electron chi connectivity index (χ1n) is 8.83. The number of hydrogen-bond acceptors (Lipinski definition) is 2. The highest BCUT2D eigenvalue weighted by molar-refractivity contribution is 5.91. The number of unbranched alkanes of at least 4 members (excludes halogenated alkanes) is 1. The molecule has 2 aromatic rings. The first-order chi connectivity index (χ1) is 11.7. The summed E-state index contributed by atoms with van der Waals surface area (Å²) in [7, 11) is 0. The molecule has 0 unspecified atom stereocenters. The summed E-state index contributed by atoms with van der Waals surface area (Å²) in [6.45, 7) is 5.87. The number of anilines is 1.